The molecule has 0 heterocycles. The molecule has 0 saturated carbocycles. The minimum atomic E-state index is -1.23. The summed E-state index contributed by atoms with van der Waals surface area (Å²) in [7, 11) is 0. The van der Waals surface area contributed by atoms with E-state index in [2.05, 4.69) is 21.2 Å². The third kappa shape index (κ3) is 3.41. The molecule has 0 aliphatic rings. The molecule has 0 radical (unpaired) electrons. The summed E-state index contributed by atoms with van der Waals surface area (Å²) in [5.74, 6) is -1.82. The smallest absolute Gasteiger partial charge is 0.337 e. The van der Waals surface area contributed by atoms with E-state index in [-0.39, 0.29) is 17.0 Å². The van der Waals surface area contributed by atoms with E-state index in [1.165, 1.54) is 12.1 Å². The monoisotopic (exact) mass is 349 g/mol. The van der Waals surface area contributed by atoms with Crippen molar-refractivity contribution in [3.8, 4) is 5.75 Å². The van der Waals surface area contributed by atoms with Crippen LogP contribution in [0.3, 0.4) is 0 Å². The SMILES string of the molecule is Cc1ccc(Br)cc1C(=O)Nc1ccc(O)cc1C(=O)O. The van der Waals surface area contributed by atoms with Gasteiger partial charge < -0.3 is 15.5 Å². The Morgan fingerprint density at radius 1 is 1.10 bits per heavy atom. The molecule has 21 heavy (non-hydrogen) atoms. The lowest BCUT2D eigenvalue weighted by Crippen LogP contribution is -2.16. The molecule has 5 nitrogen and oxygen atoms in total. The minimum absolute atomic E-state index is 0.129. The number of carbonyl (C=O) groups is 2. The molecule has 0 aliphatic heterocycles. The fourth-order valence-electron chi connectivity index (χ4n) is 1.85. The van der Waals surface area contributed by atoms with Crippen LogP contribution in [0, 0.1) is 6.92 Å². The van der Waals surface area contributed by atoms with Gasteiger partial charge in [-0.05, 0) is 42.8 Å². The fourth-order valence-corrected chi connectivity index (χ4v) is 2.21. The summed E-state index contributed by atoms with van der Waals surface area (Å²) in [6.07, 6.45) is 0. The van der Waals surface area contributed by atoms with E-state index in [1.807, 2.05) is 6.07 Å². The van der Waals surface area contributed by atoms with Gasteiger partial charge in [-0.15, -0.1) is 0 Å². The summed E-state index contributed by atoms with van der Waals surface area (Å²) in [5, 5.41) is 21.0. The fraction of sp³-hybridized carbons (Fsp3) is 0.0667. The molecule has 0 saturated heterocycles. The molecule has 1 amide bonds. The summed E-state index contributed by atoms with van der Waals surface area (Å²) < 4.78 is 0.752. The maximum Gasteiger partial charge on any atom is 0.337 e. The lowest BCUT2D eigenvalue weighted by atomic mass is 10.1. The highest BCUT2D eigenvalue weighted by molar-refractivity contribution is 9.10. The van der Waals surface area contributed by atoms with Gasteiger partial charge in [0.1, 0.15) is 5.75 Å². The average Bonchev–Trinajstić information content (AvgIpc) is 2.43. The molecule has 0 atom stereocenters. The first-order chi connectivity index (χ1) is 9.88. The van der Waals surface area contributed by atoms with Gasteiger partial charge in [0.15, 0.2) is 0 Å². The van der Waals surface area contributed by atoms with Crippen LogP contribution < -0.4 is 5.32 Å². The molecule has 0 fully saturated rings. The zero-order valence-corrected chi connectivity index (χ0v) is 12.6. The largest absolute Gasteiger partial charge is 0.508 e. The molecular formula is C15H12BrNO4. The summed E-state index contributed by atoms with van der Waals surface area (Å²) in [6, 6.07) is 9.01. The molecule has 0 aliphatic carbocycles. The molecule has 108 valence electrons. The number of phenols is 1. The van der Waals surface area contributed by atoms with Crippen LogP contribution in [0.15, 0.2) is 40.9 Å². The first-order valence-electron chi connectivity index (χ1n) is 6.02. The van der Waals surface area contributed by atoms with Crippen molar-refractivity contribution >= 4 is 33.5 Å². The first kappa shape index (κ1) is 15.1. The third-order valence-corrected chi connectivity index (χ3v) is 3.42. The predicted octanol–water partition coefficient (Wildman–Crippen LogP) is 3.41. The Kier molecular flexibility index (Phi) is 4.28. The normalized spacial score (nSPS) is 10.2. The molecule has 2 rings (SSSR count). The van der Waals surface area contributed by atoms with Gasteiger partial charge in [-0.25, -0.2) is 4.79 Å². The topological polar surface area (TPSA) is 86.6 Å². The average molecular weight is 350 g/mol. The van der Waals surface area contributed by atoms with E-state index in [9.17, 15) is 14.7 Å². The summed E-state index contributed by atoms with van der Waals surface area (Å²) in [6.45, 7) is 1.79. The van der Waals surface area contributed by atoms with Crippen molar-refractivity contribution in [2.45, 2.75) is 6.92 Å². The van der Waals surface area contributed by atoms with E-state index < -0.39 is 11.9 Å². The van der Waals surface area contributed by atoms with Gasteiger partial charge >= 0.3 is 5.97 Å². The van der Waals surface area contributed by atoms with Crippen molar-refractivity contribution in [1.29, 1.82) is 0 Å². The van der Waals surface area contributed by atoms with E-state index >= 15 is 0 Å². The van der Waals surface area contributed by atoms with Crippen LogP contribution in [0.4, 0.5) is 5.69 Å². The molecule has 0 aromatic heterocycles. The summed E-state index contributed by atoms with van der Waals surface area (Å²) in [5.41, 5.74) is 1.17. The van der Waals surface area contributed by atoms with Crippen molar-refractivity contribution in [3.63, 3.8) is 0 Å². The number of aromatic hydroxyl groups is 1. The van der Waals surface area contributed by atoms with Gasteiger partial charge in [-0.1, -0.05) is 22.0 Å². The second-order valence-electron chi connectivity index (χ2n) is 4.45. The Bertz CT molecular complexity index is 728. The Labute approximate surface area is 129 Å². The van der Waals surface area contributed by atoms with Gasteiger partial charge in [0.25, 0.3) is 5.91 Å². The number of hydrogen-bond donors (Lipinski definition) is 3. The van der Waals surface area contributed by atoms with Crippen molar-refractivity contribution in [1.82, 2.24) is 0 Å². The van der Waals surface area contributed by atoms with Crippen molar-refractivity contribution in [2.24, 2.45) is 0 Å². The number of hydrogen-bond acceptors (Lipinski definition) is 3. The van der Waals surface area contributed by atoms with Crippen molar-refractivity contribution < 1.29 is 19.8 Å². The van der Waals surface area contributed by atoms with E-state index in [1.54, 1.807) is 19.1 Å². The minimum Gasteiger partial charge on any atom is -0.508 e. The molecule has 2 aromatic rings. The van der Waals surface area contributed by atoms with E-state index in [0.29, 0.717) is 5.56 Å². The van der Waals surface area contributed by atoms with Crippen LogP contribution in [0.2, 0.25) is 0 Å². The maximum atomic E-state index is 12.3. The number of anilines is 1. The van der Waals surface area contributed by atoms with Gasteiger partial charge in [-0.2, -0.15) is 0 Å². The molecular weight excluding hydrogens is 338 g/mol. The maximum absolute atomic E-state index is 12.3. The van der Waals surface area contributed by atoms with Crippen LogP contribution in [-0.4, -0.2) is 22.1 Å². The van der Waals surface area contributed by atoms with Crippen LogP contribution in [0.5, 0.6) is 5.75 Å². The van der Waals surface area contributed by atoms with Crippen molar-refractivity contribution in [3.05, 3.63) is 57.6 Å². The molecule has 6 heteroatoms. The lowest BCUT2D eigenvalue weighted by molar-refractivity contribution is 0.0697. The number of amides is 1. The lowest BCUT2D eigenvalue weighted by Gasteiger charge is -2.10. The van der Waals surface area contributed by atoms with Gasteiger partial charge in [0, 0.05) is 10.0 Å². The molecule has 0 unspecified atom stereocenters. The number of carboxylic acids is 1. The number of halogens is 1. The van der Waals surface area contributed by atoms with E-state index in [0.717, 1.165) is 16.1 Å². The highest BCUT2D eigenvalue weighted by Gasteiger charge is 2.15. The van der Waals surface area contributed by atoms with Crippen molar-refractivity contribution in [2.75, 3.05) is 5.32 Å². The number of carboxylic acid groups (broad SMARTS) is 1. The zero-order chi connectivity index (χ0) is 15.6. The van der Waals surface area contributed by atoms with Gasteiger partial charge in [-0.3, -0.25) is 4.79 Å². The first-order valence-corrected chi connectivity index (χ1v) is 6.81. The number of phenolic OH excluding ortho intramolecular Hbond substituents is 1. The summed E-state index contributed by atoms with van der Waals surface area (Å²) in [4.78, 5) is 23.4. The van der Waals surface area contributed by atoms with Gasteiger partial charge in [0.05, 0.1) is 11.3 Å². The Balaban J connectivity index is 2.36. The predicted molar refractivity (Wildman–Crippen MR) is 81.9 cm³/mol. The van der Waals surface area contributed by atoms with Crippen LogP contribution >= 0.6 is 15.9 Å². The zero-order valence-electron chi connectivity index (χ0n) is 11.1. The standard InChI is InChI=1S/C15H12BrNO4/c1-8-2-3-9(16)6-11(8)14(19)17-13-5-4-10(18)7-12(13)15(20)21/h2-7,18H,1H3,(H,17,19)(H,20,21). The number of carbonyl (C=O) groups excluding carboxylic acids is 1. The number of rotatable bonds is 3. The number of nitrogens with one attached hydrogen (secondary N) is 1. The highest BCUT2D eigenvalue weighted by atomic mass is 79.9. The Morgan fingerprint density at radius 2 is 1.81 bits per heavy atom. The second kappa shape index (κ2) is 5.97. The number of aromatic carboxylic acids is 1. The molecule has 0 spiro atoms. The third-order valence-electron chi connectivity index (χ3n) is 2.93. The molecule has 2 aromatic carbocycles. The van der Waals surface area contributed by atoms with Crippen LogP contribution in [0.25, 0.3) is 0 Å². The number of benzene rings is 2. The van der Waals surface area contributed by atoms with E-state index in [4.69, 9.17) is 5.11 Å². The Hall–Kier alpha value is -2.34. The quantitative estimate of drug-likeness (QED) is 0.741. The second-order valence-corrected chi connectivity index (χ2v) is 5.36. The van der Waals surface area contributed by atoms with Crippen LogP contribution in [-0.2, 0) is 0 Å². The van der Waals surface area contributed by atoms with Gasteiger partial charge in [0.2, 0.25) is 0 Å². The molecule has 3 N–H and O–H groups in total. The Morgan fingerprint density at radius 3 is 2.48 bits per heavy atom. The van der Waals surface area contributed by atoms with Crippen LogP contribution in [0.1, 0.15) is 26.3 Å². The molecule has 0 bridgehead atoms. The number of aryl methyl sites for hydroxylation is 1. The summed E-state index contributed by atoms with van der Waals surface area (Å²) >= 11 is 3.29. The highest BCUT2D eigenvalue weighted by Crippen LogP contribution is 2.23.